The second-order valence-electron chi connectivity index (χ2n) is 7.08. The van der Waals surface area contributed by atoms with E-state index in [0.29, 0.717) is 31.9 Å². The van der Waals surface area contributed by atoms with E-state index in [0.717, 1.165) is 16.3 Å². The number of nitrogens with zero attached hydrogens (tertiary/aromatic N) is 1. The molecule has 1 aliphatic rings. The van der Waals surface area contributed by atoms with Gasteiger partial charge < -0.3 is 14.4 Å². The average Bonchev–Trinajstić information content (AvgIpc) is 2.78. The van der Waals surface area contributed by atoms with Crippen LogP contribution in [0.5, 0.6) is 0 Å². The van der Waals surface area contributed by atoms with Crippen LogP contribution in [0.2, 0.25) is 0 Å². The maximum atomic E-state index is 13.1. The zero-order chi connectivity index (χ0) is 20.1. The van der Waals surface area contributed by atoms with Crippen LogP contribution in [0.15, 0.2) is 72.8 Å². The lowest BCUT2D eigenvalue weighted by atomic mass is 10.0. The Labute approximate surface area is 169 Å². The number of hydrogen-bond donors (Lipinski definition) is 0. The van der Waals surface area contributed by atoms with Gasteiger partial charge in [-0.2, -0.15) is 0 Å². The van der Waals surface area contributed by atoms with Gasteiger partial charge in [-0.05, 0) is 16.3 Å². The van der Waals surface area contributed by atoms with Crippen molar-refractivity contribution < 1.29 is 19.1 Å². The Morgan fingerprint density at radius 2 is 1.59 bits per heavy atom. The molecule has 1 saturated heterocycles. The molecule has 3 aromatic carbocycles. The molecule has 0 spiro atoms. The Balaban J connectivity index is 1.51. The minimum Gasteiger partial charge on any atom is -0.447 e. The number of carbonyl (C=O) groups excluding carboxylic acids is 2. The van der Waals surface area contributed by atoms with Gasteiger partial charge in [0, 0.05) is 18.7 Å². The molecule has 0 saturated carbocycles. The van der Waals surface area contributed by atoms with Crippen LogP contribution >= 0.6 is 0 Å². The number of morpholine rings is 1. The van der Waals surface area contributed by atoms with E-state index in [1.165, 1.54) is 0 Å². The molecule has 4 rings (SSSR count). The van der Waals surface area contributed by atoms with Crippen LogP contribution in [0.1, 0.15) is 17.2 Å². The van der Waals surface area contributed by atoms with Crippen molar-refractivity contribution in [3.05, 3.63) is 83.9 Å². The smallest absolute Gasteiger partial charge is 0.311 e. The molecule has 1 heterocycles. The van der Waals surface area contributed by atoms with Crippen LogP contribution < -0.4 is 0 Å². The van der Waals surface area contributed by atoms with Gasteiger partial charge in [0.05, 0.1) is 19.6 Å². The fraction of sp³-hybridized carbons (Fsp3) is 0.250. The summed E-state index contributed by atoms with van der Waals surface area (Å²) in [5.41, 5.74) is 1.54. The van der Waals surface area contributed by atoms with Crippen molar-refractivity contribution in [2.24, 2.45) is 0 Å². The zero-order valence-corrected chi connectivity index (χ0v) is 16.1. The highest BCUT2D eigenvalue weighted by Crippen LogP contribution is 2.23. The summed E-state index contributed by atoms with van der Waals surface area (Å²) in [6.07, 6.45) is -0.827. The predicted octanol–water partition coefficient (Wildman–Crippen LogP) is 3.53. The maximum Gasteiger partial charge on any atom is 0.311 e. The SMILES string of the molecule is O=C(Cc1ccc2ccccc2c1)O[C@@H](C(=O)N1CCOCC1)c1ccccc1. The first kappa shape index (κ1) is 19.2. The van der Waals surface area contributed by atoms with Crippen molar-refractivity contribution in [3.63, 3.8) is 0 Å². The lowest BCUT2D eigenvalue weighted by Crippen LogP contribution is -2.44. The van der Waals surface area contributed by atoms with E-state index in [1.54, 1.807) is 4.90 Å². The molecule has 1 atom stereocenters. The van der Waals surface area contributed by atoms with Crippen LogP contribution in [0.3, 0.4) is 0 Å². The quantitative estimate of drug-likeness (QED) is 0.627. The Morgan fingerprint density at radius 1 is 0.897 bits per heavy atom. The second-order valence-corrected chi connectivity index (χ2v) is 7.08. The van der Waals surface area contributed by atoms with Gasteiger partial charge in [0.25, 0.3) is 5.91 Å². The third kappa shape index (κ3) is 4.63. The molecule has 0 radical (unpaired) electrons. The van der Waals surface area contributed by atoms with Crippen LogP contribution in [0, 0.1) is 0 Å². The van der Waals surface area contributed by atoms with Gasteiger partial charge in [-0.3, -0.25) is 9.59 Å². The summed E-state index contributed by atoms with van der Waals surface area (Å²) in [6, 6.07) is 23.1. The molecule has 5 nitrogen and oxygen atoms in total. The Morgan fingerprint density at radius 3 is 2.34 bits per heavy atom. The summed E-state index contributed by atoms with van der Waals surface area (Å²) in [4.78, 5) is 27.5. The van der Waals surface area contributed by atoms with Crippen LogP contribution in [0.25, 0.3) is 10.8 Å². The molecule has 148 valence electrons. The first-order valence-corrected chi connectivity index (χ1v) is 9.79. The first-order chi connectivity index (χ1) is 14.2. The van der Waals surface area contributed by atoms with E-state index >= 15 is 0 Å². The summed E-state index contributed by atoms with van der Waals surface area (Å²) in [5.74, 6) is -0.623. The zero-order valence-electron chi connectivity index (χ0n) is 16.1. The van der Waals surface area contributed by atoms with Gasteiger partial charge in [0.1, 0.15) is 0 Å². The Kier molecular flexibility index (Phi) is 5.86. The van der Waals surface area contributed by atoms with Gasteiger partial charge in [-0.15, -0.1) is 0 Å². The molecule has 0 aromatic heterocycles. The number of ether oxygens (including phenoxy) is 2. The fourth-order valence-corrected chi connectivity index (χ4v) is 3.53. The molecule has 0 aliphatic carbocycles. The molecule has 0 unspecified atom stereocenters. The highest BCUT2D eigenvalue weighted by atomic mass is 16.5. The molecule has 0 bridgehead atoms. The summed E-state index contributed by atoms with van der Waals surface area (Å²) < 4.78 is 11.0. The molecule has 1 fully saturated rings. The van der Waals surface area contributed by atoms with Crippen LogP contribution in [-0.2, 0) is 25.5 Å². The Bertz CT molecular complexity index is 996. The van der Waals surface area contributed by atoms with Gasteiger partial charge in [0.2, 0.25) is 6.10 Å². The summed E-state index contributed by atoms with van der Waals surface area (Å²) in [5, 5.41) is 2.19. The van der Waals surface area contributed by atoms with Gasteiger partial charge in [-0.25, -0.2) is 0 Å². The largest absolute Gasteiger partial charge is 0.447 e. The van der Waals surface area contributed by atoms with Crippen LogP contribution in [-0.4, -0.2) is 43.1 Å². The van der Waals surface area contributed by atoms with E-state index in [-0.39, 0.29) is 12.3 Å². The van der Waals surface area contributed by atoms with Gasteiger partial charge in [0.15, 0.2) is 0 Å². The van der Waals surface area contributed by atoms with E-state index in [1.807, 2.05) is 72.8 Å². The lowest BCUT2D eigenvalue weighted by molar-refractivity contribution is -0.162. The summed E-state index contributed by atoms with van der Waals surface area (Å²) >= 11 is 0. The minimum atomic E-state index is -0.942. The topological polar surface area (TPSA) is 55.8 Å². The molecule has 5 heteroatoms. The molecule has 3 aromatic rings. The summed E-state index contributed by atoms with van der Waals surface area (Å²) in [7, 11) is 0. The van der Waals surface area contributed by atoms with Crippen molar-refractivity contribution in [3.8, 4) is 0 Å². The van der Waals surface area contributed by atoms with Gasteiger partial charge in [-0.1, -0.05) is 72.8 Å². The average molecular weight is 389 g/mol. The lowest BCUT2D eigenvalue weighted by Gasteiger charge is -2.30. The van der Waals surface area contributed by atoms with Crippen molar-refractivity contribution in [2.75, 3.05) is 26.3 Å². The number of carbonyl (C=O) groups is 2. The van der Waals surface area contributed by atoms with Crippen molar-refractivity contribution in [2.45, 2.75) is 12.5 Å². The second kappa shape index (κ2) is 8.88. The fourth-order valence-electron chi connectivity index (χ4n) is 3.53. The predicted molar refractivity (Wildman–Crippen MR) is 110 cm³/mol. The highest BCUT2D eigenvalue weighted by Gasteiger charge is 2.30. The normalized spacial score (nSPS) is 15.1. The number of hydrogen-bond acceptors (Lipinski definition) is 4. The number of benzene rings is 3. The third-order valence-corrected chi connectivity index (χ3v) is 5.06. The first-order valence-electron chi connectivity index (χ1n) is 9.79. The van der Waals surface area contributed by atoms with E-state index in [9.17, 15) is 9.59 Å². The molecular weight excluding hydrogens is 366 g/mol. The van der Waals surface area contributed by atoms with Crippen LogP contribution in [0.4, 0.5) is 0 Å². The number of esters is 1. The molecule has 29 heavy (non-hydrogen) atoms. The van der Waals surface area contributed by atoms with E-state index in [2.05, 4.69) is 0 Å². The minimum absolute atomic E-state index is 0.116. The van der Waals surface area contributed by atoms with E-state index in [4.69, 9.17) is 9.47 Å². The molecule has 0 N–H and O–H groups in total. The summed E-state index contributed by atoms with van der Waals surface area (Å²) in [6.45, 7) is 2.01. The number of rotatable bonds is 5. The molecular formula is C24H23NO4. The van der Waals surface area contributed by atoms with Crippen molar-refractivity contribution in [1.82, 2.24) is 4.90 Å². The standard InChI is InChI=1S/C24H23NO4/c26-22(17-18-10-11-19-6-4-5-9-21(19)16-18)29-23(20-7-2-1-3-8-20)24(27)25-12-14-28-15-13-25/h1-11,16,23H,12-15,17H2/t23-/m1/s1. The van der Waals surface area contributed by atoms with Gasteiger partial charge >= 0.3 is 5.97 Å². The molecule has 1 amide bonds. The third-order valence-electron chi connectivity index (χ3n) is 5.06. The van der Waals surface area contributed by atoms with Crippen molar-refractivity contribution >= 4 is 22.6 Å². The number of amides is 1. The number of fused-ring (bicyclic) bond motifs is 1. The highest BCUT2D eigenvalue weighted by molar-refractivity contribution is 5.87. The van der Waals surface area contributed by atoms with Crippen molar-refractivity contribution in [1.29, 1.82) is 0 Å². The van der Waals surface area contributed by atoms with E-state index < -0.39 is 12.1 Å². The maximum absolute atomic E-state index is 13.1. The monoisotopic (exact) mass is 389 g/mol. The molecule has 1 aliphatic heterocycles. The Hall–Kier alpha value is -3.18.